The Kier molecular flexibility index (Phi) is 7.65. The third-order valence-corrected chi connectivity index (χ3v) is 7.11. The lowest BCUT2D eigenvalue weighted by atomic mass is 9.82. The molecule has 0 unspecified atom stereocenters. The third-order valence-electron chi connectivity index (χ3n) is 7.11. The first-order chi connectivity index (χ1) is 18.4. The van der Waals surface area contributed by atoms with E-state index >= 15 is 0 Å². The Hall–Kier alpha value is -4.23. The predicted octanol–water partition coefficient (Wildman–Crippen LogP) is 5.97. The average molecular weight is 510 g/mol. The number of benzene rings is 3. The number of ether oxygens (including phenoxy) is 1. The van der Waals surface area contributed by atoms with Crippen molar-refractivity contribution in [1.29, 1.82) is 0 Å². The van der Waals surface area contributed by atoms with Gasteiger partial charge in [0.2, 0.25) is 11.8 Å². The Bertz CT molecular complexity index is 1440. The highest BCUT2D eigenvalue weighted by molar-refractivity contribution is 6.01. The Balaban J connectivity index is 1.21. The van der Waals surface area contributed by atoms with Crippen LogP contribution in [-0.4, -0.2) is 28.0 Å². The Morgan fingerprint density at radius 2 is 1.68 bits per heavy atom. The van der Waals surface area contributed by atoms with Gasteiger partial charge >= 0.3 is 5.97 Å². The van der Waals surface area contributed by atoms with Crippen molar-refractivity contribution < 1.29 is 19.4 Å². The van der Waals surface area contributed by atoms with Gasteiger partial charge < -0.3 is 20.9 Å². The summed E-state index contributed by atoms with van der Waals surface area (Å²) in [7, 11) is 0. The highest BCUT2D eigenvalue weighted by Gasteiger charge is 2.19. The molecule has 0 radical (unpaired) electrons. The molecule has 0 saturated heterocycles. The van der Waals surface area contributed by atoms with Crippen molar-refractivity contribution in [1.82, 2.24) is 4.98 Å². The zero-order valence-corrected chi connectivity index (χ0v) is 21.1. The molecule has 1 aliphatic rings. The van der Waals surface area contributed by atoms with Crippen molar-refractivity contribution in [2.75, 3.05) is 5.32 Å². The lowest BCUT2D eigenvalue weighted by Crippen LogP contribution is -2.27. The number of carbonyl (C=O) groups is 2. The molecule has 7 heteroatoms. The number of carboxylic acids is 1. The minimum absolute atomic E-state index is 0.0453. The molecule has 1 aromatic heterocycles. The zero-order chi connectivity index (χ0) is 26.5. The molecule has 5 rings (SSSR count). The minimum Gasteiger partial charge on any atom is -0.478 e. The second kappa shape index (κ2) is 11.4. The number of nitrogens with two attached hydrogens (primary N) is 1. The van der Waals surface area contributed by atoms with Crippen molar-refractivity contribution in [2.45, 2.75) is 44.6 Å². The van der Waals surface area contributed by atoms with E-state index in [0.29, 0.717) is 29.2 Å². The highest BCUT2D eigenvalue weighted by Crippen LogP contribution is 2.30. The topological polar surface area (TPSA) is 115 Å². The number of carbonyl (C=O) groups excluding carboxylic acids is 1. The summed E-state index contributed by atoms with van der Waals surface area (Å²) in [5.74, 6) is 0.406. The second-order valence-electron chi connectivity index (χ2n) is 10.0. The average Bonchev–Trinajstić information content (AvgIpc) is 2.91. The van der Waals surface area contributed by atoms with E-state index in [1.165, 1.54) is 24.5 Å². The monoisotopic (exact) mass is 509 g/mol. The number of rotatable bonds is 8. The smallest absolute Gasteiger partial charge is 0.337 e. The van der Waals surface area contributed by atoms with E-state index in [9.17, 15) is 14.7 Å². The molecule has 7 nitrogen and oxygen atoms in total. The quantitative estimate of drug-likeness (QED) is 0.270. The first-order valence-corrected chi connectivity index (χ1v) is 13.0. The van der Waals surface area contributed by atoms with Gasteiger partial charge in [-0.15, -0.1) is 0 Å². The van der Waals surface area contributed by atoms with E-state index < -0.39 is 5.97 Å². The highest BCUT2D eigenvalue weighted by atomic mass is 16.5. The normalized spacial score (nSPS) is 17.2. The number of aromatic nitrogens is 1. The van der Waals surface area contributed by atoms with Crippen LogP contribution in [0.1, 0.15) is 47.2 Å². The number of nitrogens with zero attached hydrogens (tertiary/aromatic N) is 1. The van der Waals surface area contributed by atoms with Gasteiger partial charge in [0.1, 0.15) is 5.75 Å². The summed E-state index contributed by atoms with van der Waals surface area (Å²) < 4.78 is 5.99. The van der Waals surface area contributed by atoms with Gasteiger partial charge in [0.25, 0.3) is 0 Å². The fraction of sp³-hybridized carbons (Fsp3) is 0.258. The number of hydrogen-bond acceptors (Lipinski definition) is 5. The van der Waals surface area contributed by atoms with Gasteiger partial charge in [-0.05, 0) is 84.2 Å². The number of aromatic carboxylic acids is 1. The van der Waals surface area contributed by atoms with E-state index in [1.807, 2.05) is 18.2 Å². The molecule has 1 saturated carbocycles. The summed E-state index contributed by atoms with van der Waals surface area (Å²) in [6.45, 7) is 0. The summed E-state index contributed by atoms with van der Waals surface area (Å²) in [6.07, 6.45) is 7.35. The molecule has 0 aliphatic heterocycles. The van der Waals surface area contributed by atoms with Gasteiger partial charge in [0, 0.05) is 18.3 Å². The van der Waals surface area contributed by atoms with Crippen LogP contribution in [-0.2, 0) is 17.6 Å². The van der Waals surface area contributed by atoms with Crippen LogP contribution in [0, 0.1) is 5.92 Å². The van der Waals surface area contributed by atoms with Gasteiger partial charge in [-0.2, -0.15) is 0 Å². The van der Waals surface area contributed by atoms with E-state index in [1.54, 1.807) is 36.5 Å². The molecule has 0 spiro atoms. The van der Waals surface area contributed by atoms with Crippen molar-refractivity contribution in [3.63, 3.8) is 0 Å². The lowest BCUT2D eigenvalue weighted by Gasteiger charge is -2.26. The molecule has 1 fully saturated rings. The summed E-state index contributed by atoms with van der Waals surface area (Å²) in [5.41, 5.74) is 8.40. The first kappa shape index (κ1) is 25.4. The molecular weight excluding hydrogens is 478 g/mol. The number of nitrogens with one attached hydrogen (secondary N) is 1. The van der Waals surface area contributed by atoms with Crippen LogP contribution in [0.5, 0.6) is 11.6 Å². The number of fused-ring (bicyclic) bond motifs is 1. The second-order valence-corrected chi connectivity index (χ2v) is 10.0. The molecule has 4 aromatic rings. The summed E-state index contributed by atoms with van der Waals surface area (Å²) in [5, 5.41) is 14.2. The largest absolute Gasteiger partial charge is 0.478 e. The molecule has 4 N–H and O–H groups in total. The maximum atomic E-state index is 12.5. The van der Waals surface area contributed by atoms with Crippen LogP contribution in [0.4, 0.5) is 5.69 Å². The van der Waals surface area contributed by atoms with Gasteiger partial charge in [-0.3, -0.25) is 4.79 Å². The third kappa shape index (κ3) is 6.36. The lowest BCUT2D eigenvalue weighted by molar-refractivity contribution is -0.115. The van der Waals surface area contributed by atoms with Crippen molar-refractivity contribution in [2.24, 2.45) is 11.7 Å². The van der Waals surface area contributed by atoms with Crippen LogP contribution >= 0.6 is 0 Å². The number of anilines is 1. The number of carboxylic acid groups (broad SMARTS) is 1. The summed E-state index contributed by atoms with van der Waals surface area (Å²) >= 11 is 0. The van der Waals surface area contributed by atoms with Crippen molar-refractivity contribution >= 4 is 28.3 Å². The molecule has 0 bridgehead atoms. The van der Waals surface area contributed by atoms with Gasteiger partial charge in [-0.1, -0.05) is 42.5 Å². The molecule has 0 atom stereocenters. The predicted molar refractivity (Wildman–Crippen MR) is 148 cm³/mol. The standard InChI is InChI=1S/C31H31N3O4/c32-25-11-6-20(7-12-25)15-21-5-9-23-10-13-26(18-24(23)16-21)38-30-14-8-22(19-33-30)17-29(35)34-28-4-2-1-3-27(28)31(36)37/h1-5,8-10,13-14,16,18-20,25H,6-7,11-12,15,17,32H2,(H,34,35)(H,36,37). The zero-order valence-electron chi connectivity index (χ0n) is 21.1. The van der Waals surface area contributed by atoms with Crippen LogP contribution in [0.2, 0.25) is 0 Å². The Morgan fingerprint density at radius 3 is 2.45 bits per heavy atom. The summed E-state index contributed by atoms with van der Waals surface area (Å²) in [6, 6.07) is 22.8. The van der Waals surface area contributed by atoms with E-state index in [2.05, 4.69) is 28.5 Å². The first-order valence-electron chi connectivity index (χ1n) is 13.0. The molecule has 3 aromatic carbocycles. The summed E-state index contributed by atoms with van der Waals surface area (Å²) in [4.78, 5) is 28.2. The molecule has 1 amide bonds. The van der Waals surface area contributed by atoms with Crippen molar-refractivity contribution in [3.05, 3.63) is 95.7 Å². The fourth-order valence-corrected chi connectivity index (χ4v) is 5.05. The molecule has 1 aliphatic carbocycles. The van der Waals surface area contributed by atoms with Crippen LogP contribution in [0.15, 0.2) is 79.0 Å². The number of pyridine rings is 1. The van der Waals surface area contributed by atoms with E-state index in [-0.39, 0.29) is 23.6 Å². The minimum atomic E-state index is -1.09. The van der Waals surface area contributed by atoms with Crippen LogP contribution < -0.4 is 15.8 Å². The van der Waals surface area contributed by atoms with Gasteiger partial charge in [-0.25, -0.2) is 9.78 Å². The van der Waals surface area contributed by atoms with E-state index in [0.717, 1.165) is 30.0 Å². The maximum Gasteiger partial charge on any atom is 0.337 e. The van der Waals surface area contributed by atoms with Gasteiger partial charge in [0.15, 0.2) is 0 Å². The van der Waals surface area contributed by atoms with E-state index in [4.69, 9.17) is 10.5 Å². The SMILES string of the molecule is NC1CCC(Cc2ccc3ccc(Oc4ccc(CC(=O)Nc5ccccc5C(=O)O)cn4)cc3c2)CC1. The van der Waals surface area contributed by atoms with Crippen LogP contribution in [0.3, 0.4) is 0 Å². The molecule has 38 heavy (non-hydrogen) atoms. The van der Waals surface area contributed by atoms with Gasteiger partial charge in [0.05, 0.1) is 17.7 Å². The maximum absolute atomic E-state index is 12.5. The number of para-hydroxylation sites is 1. The number of amides is 1. The van der Waals surface area contributed by atoms with Crippen molar-refractivity contribution in [3.8, 4) is 11.6 Å². The molecular formula is C31H31N3O4. The number of hydrogen-bond donors (Lipinski definition) is 3. The Morgan fingerprint density at radius 1 is 0.921 bits per heavy atom. The Labute approximate surface area is 221 Å². The fourth-order valence-electron chi connectivity index (χ4n) is 5.05. The molecule has 194 valence electrons. The molecule has 1 heterocycles. The van der Waals surface area contributed by atoms with Crippen LogP contribution in [0.25, 0.3) is 10.8 Å².